The topological polar surface area (TPSA) is 23.6 Å². The molecule has 0 atom stereocenters. The zero-order chi connectivity index (χ0) is 14.1. The van der Waals surface area contributed by atoms with Gasteiger partial charge in [0.15, 0.2) is 0 Å². The Hall–Kier alpha value is -0.710. The number of carbonyl (C=O) groups is 1. The van der Waals surface area contributed by atoms with Gasteiger partial charge in [-0.3, -0.25) is 4.79 Å². The molecule has 5 heteroatoms. The maximum absolute atomic E-state index is 11.7. The molecule has 1 aromatic rings. The van der Waals surface area contributed by atoms with E-state index in [1.54, 1.807) is 18.9 Å². The Morgan fingerprint density at radius 1 is 1.20 bits per heavy atom. The highest BCUT2D eigenvalue weighted by atomic mass is 35.5. The lowest BCUT2D eigenvalue weighted by Crippen LogP contribution is -2.26. The quantitative estimate of drug-likeness (QED) is 0.777. The Labute approximate surface area is 129 Å². The molecule has 2 heterocycles. The number of hydrogen-bond donors (Lipinski definition) is 0. The third-order valence-electron chi connectivity index (χ3n) is 3.95. The summed E-state index contributed by atoms with van der Waals surface area (Å²) in [7, 11) is 0. The highest BCUT2D eigenvalue weighted by Gasteiger charge is 2.24. The van der Waals surface area contributed by atoms with Crippen LogP contribution in [-0.4, -0.2) is 29.8 Å². The highest BCUT2D eigenvalue weighted by molar-refractivity contribution is 7.97. The molecule has 20 heavy (non-hydrogen) atoms. The van der Waals surface area contributed by atoms with Crippen LogP contribution < -0.4 is 4.90 Å². The van der Waals surface area contributed by atoms with Crippen LogP contribution in [0.25, 0.3) is 0 Å². The first-order chi connectivity index (χ1) is 9.65. The van der Waals surface area contributed by atoms with Gasteiger partial charge in [-0.05, 0) is 48.9 Å². The number of carbonyl (C=O) groups excluding carboxylic acids is 1. The lowest BCUT2D eigenvalue weighted by Gasteiger charge is -2.26. The number of benzene rings is 1. The van der Waals surface area contributed by atoms with E-state index >= 15 is 0 Å². The molecule has 0 spiro atoms. The van der Waals surface area contributed by atoms with E-state index in [2.05, 4.69) is 10.4 Å². The monoisotopic (exact) mass is 310 g/mol. The molecule has 0 N–H and O–H groups in total. The van der Waals surface area contributed by atoms with Gasteiger partial charge in [0.2, 0.25) is 5.91 Å². The molecule has 108 valence electrons. The van der Waals surface area contributed by atoms with E-state index in [1.807, 2.05) is 11.0 Å². The van der Waals surface area contributed by atoms with Crippen LogP contribution in [0.5, 0.6) is 0 Å². The highest BCUT2D eigenvalue weighted by Crippen LogP contribution is 2.39. The van der Waals surface area contributed by atoms with E-state index in [-0.39, 0.29) is 5.91 Å². The number of nitrogens with zero attached hydrogens (tertiary/aromatic N) is 2. The van der Waals surface area contributed by atoms with Crippen LogP contribution in [0.15, 0.2) is 17.0 Å². The van der Waals surface area contributed by atoms with E-state index < -0.39 is 0 Å². The van der Waals surface area contributed by atoms with E-state index in [9.17, 15) is 4.79 Å². The van der Waals surface area contributed by atoms with Crippen LogP contribution in [0.3, 0.4) is 0 Å². The zero-order valence-corrected chi connectivity index (χ0v) is 13.3. The standard InChI is InChI=1S/C15H19ClN2OS/c1-11(19)18-8-5-12-9-13(16)15(10-14(12)18)20-17-6-3-2-4-7-17/h9-10H,2-8H2,1H3. The van der Waals surface area contributed by atoms with Crippen LogP contribution >= 0.6 is 23.5 Å². The number of hydrogen-bond acceptors (Lipinski definition) is 3. The Bertz CT molecular complexity index is 529. The van der Waals surface area contributed by atoms with Crippen molar-refractivity contribution in [3.8, 4) is 0 Å². The molecule has 1 aromatic carbocycles. The van der Waals surface area contributed by atoms with Gasteiger partial charge in [0.1, 0.15) is 0 Å². The van der Waals surface area contributed by atoms with Gasteiger partial charge in [0, 0.05) is 37.1 Å². The second-order valence-corrected chi connectivity index (χ2v) is 6.96. The molecule has 3 nitrogen and oxygen atoms in total. The normalized spacial score (nSPS) is 19.2. The molecule has 0 saturated carbocycles. The summed E-state index contributed by atoms with van der Waals surface area (Å²) >= 11 is 8.14. The minimum atomic E-state index is 0.111. The molecule has 0 unspecified atom stereocenters. The molecule has 0 aliphatic carbocycles. The second-order valence-electron chi connectivity index (χ2n) is 5.41. The maximum Gasteiger partial charge on any atom is 0.223 e. The van der Waals surface area contributed by atoms with Crippen LogP contribution in [0.1, 0.15) is 31.7 Å². The summed E-state index contributed by atoms with van der Waals surface area (Å²) in [6.07, 6.45) is 4.75. The van der Waals surface area contributed by atoms with Gasteiger partial charge in [-0.2, -0.15) is 0 Å². The molecule has 0 aromatic heterocycles. The first-order valence-corrected chi connectivity index (χ1v) is 8.34. The van der Waals surface area contributed by atoms with Crippen molar-refractivity contribution in [2.45, 2.75) is 37.5 Å². The molecular weight excluding hydrogens is 292 g/mol. The van der Waals surface area contributed by atoms with Crippen molar-refractivity contribution in [1.82, 2.24) is 4.31 Å². The van der Waals surface area contributed by atoms with Crippen molar-refractivity contribution < 1.29 is 4.79 Å². The molecule has 0 radical (unpaired) electrons. The number of anilines is 1. The van der Waals surface area contributed by atoms with E-state index in [4.69, 9.17) is 11.6 Å². The van der Waals surface area contributed by atoms with Crippen LogP contribution in [0.4, 0.5) is 5.69 Å². The molecule has 2 aliphatic rings. The van der Waals surface area contributed by atoms with Gasteiger partial charge in [-0.1, -0.05) is 18.0 Å². The van der Waals surface area contributed by atoms with Crippen molar-refractivity contribution in [1.29, 1.82) is 0 Å². The number of piperidine rings is 1. The van der Waals surface area contributed by atoms with Gasteiger partial charge in [0.05, 0.1) is 5.02 Å². The summed E-state index contributed by atoms with van der Waals surface area (Å²) in [6, 6.07) is 4.12. The molecule has 2 aliphatic heterocycles. The van der Waals surface area contributed by atoms with Crippen molar-refractivity contribution in [2.75, 3.05) is 24.5 Å². The fourth-order valence-corrected chi connectivity index (χ4v) is 4.20. The Morgan fingerprint density at radius 2 is 1.95 bits per heavy atom. The van der Waals surface area contributed by atoms with Crippen molar-refractivity contribution in [3.63, 3.8) is 0 Å². The third kappa shape index (κ3) is 2.83. The molecule has 1 fully saturated rings. The summed E-state index contributed by atoms with van der Waals surface area (Å²) in [5.41, 5.74) is 2.23. The van der Waals surface area contributed by atoms with Crippen LogP contribution in [0, 0.1) is 0 Å². The summed E-state index contributed by atoms with van der Waals surface area (Å²) in [6.45, 7) is 4.64. The Kier molecular flexibility index (Phi) is 4.24. The van der Waals surface area contributed by atoms with Crippen molar-refractivity contribution in [2.24, 2.45) is 0 Å². The SMILES string of the molecule is CC(=O)N1CCc2cc(Cl)c(SN3CCCCC3)cc21. The second kappa shape index (κ2) is 5.96. The number of halogens is 1. The van der Waals surface area contributed by atoms with Gasteiger partial charge in [-0.15, -0.1) is 0 Å². The number of amides is 1. The van der Waals surface area contributed by atoms with Gasteiger partial charge >= 0.3 is 0 Å². The lowest BCUT2D eigenvalue weighted by atomic mass is 10.2. The largest absolute Gasteiger partial charge is 0.312 e. The summed E-state index contributed by atoms with van der Waals surface area (Å²) < 4.78 is 2.38. The minimum Gasteiger partial charge on any atom is -0.312 e. The summed E-state index contributed by atoms with van der Waals surface area (Å²) in [5.74, 6) is 0.111. The molecule has 3 rings (SSSR count). The Morgan fingerprint density at radius 3 is 2.65 bits per heavy atom. The maximum atomic E-state index is 11.7. The predicted molar refractivity (Wildman–Crippen MR) is 84.5 cm³/mol. The average Bonchev–Trinajstić information content (AvgIpc) is 2.83. The smallest absolute Gasteiger partial charge is 0.223 e. The molecular formula is C15H19ClN2OS. The number of rotatable bonds is 2. The zero-order valence-electron chi connectivity index (χ0n) is 11.7. The van der Waals surface area contributed by atoms with Crippen LogP contribution in [0.2, 0.25) is 5.02 Å². The first kappa shape index (κ1) is 14.2. The van der Waals surface area contributed by atoms with E-state index in [1.165, 1.54) is 24.8 Å². The van der Waals surface area contributed by atoms with Crippen molar-refractivity contribution in [3.05, 3.63) is 22.7 Å². The molecule has 1 saturated heterocycles. The Balaban J connectivity index is 1.84. The minimum absolute atomic E-state index is 0.111. The van der Waals surface area contributed by atoms with E-state index in [0.717, 1.165) is 41.7 Å². The lowest BCUT2D eigenvalue weighted by molar-refractivity contribution is -0.116. The van der Waals surface area contributed by atoms with E-state index in [0.29, 0.717) is 0 Å². The average molecular weight is 311 g/mol. The van der Waals surface area contributed by atoms with Crippen LogP contribution in [-0.2, 0) is 11.2 Å². The predicted octanol–water partition coefficient (Wildman–Crippen LogP) is 3.74. The fourth-order valence-electron chi connectivity index (χ4n) is 2.88. The van der Waals surface area contributed by atoms with Gasteiger partial charge in [0.25, 0.3) is 0 Å². The third-order valence-corrected chi connectivity index (χ3v) is 5.53. The van der Waals surface area contributed by atoms with Gasteiger partial charge in [-0.25, -0.2) is 4.31 Å². The van der Waals surface area contributed by atoms with Crippen molar-refractivity contribution >= 4 is 35.1 Å². The van der Waals surface area contributed by atoms with Gasteiger partial charge < -0.3 is 4.90 Å². The summed E-state index contributed by atoms with van der Waals surface area (Å²) in [5, 5.41) is 0.810. The molecule has 0 bridgehead atoms. The number of fused-ring (bicyclic) bond motifs is 1. The summed E-state index contributed by atoms with van der Waals surface area (Å²) in [4.78, 5) is 14.6. The molecule has 1 amide bonds. The fraction of sp³-hybridized carbons (Fsp3) is 0.533. The first-order valence-electron chi connectivity index (χ1n) is 7.18.